The third kappa shape index (κ3) is 5.72. The molecule has 1 saturated heterocycles. The van der Waals surface area contributed by atoms with Crippen molar-refractivity contribution in [3.8, 4) is 11.5 Å². The van der Waals surface area contributed by atoms with Crippen molar-refractivity contribution < 1.29 is 23.0 Å². The lowest BCUT2D eigenvalue weighted by Gasteiger charge is -2.36. The molecule has 24 heavy (non-hydrogen) atoms. The Labute approximate surface area is 146 Å². The highest BCUT2D eigenvalue weighted by Gasteiger charge is 2.32. The van der Waals surface area contributed by atoms with E-state index in [1.54, 1.807) is 25.1 Å². The normalized spacial score (nSPS) is 17.2. The quantitative estimate of drug-likeness (QED) is 0.806. The average molecular weight is 369 g/mol. The number of alkyl halides is 3. The third-order valence-electron chi connectivity index (χ3n) is 3.98. The van der Waals surface area contributed by atoms with Crippen molar-refractivity contribution in [2.45, 2.75) is 32.0 Å². The Morgan fingerprint density at radius 3 is 2.54 bits per heavy atom. The Bertz CT molecular complexity index is 509. The zero-order valence-corrected chi connectivity index (χ0v) is 14.4. The van der Waals surface area contributed by atoms with Crippen LogP contribution in [0.2, 0.25) is 0 Å². The minimum atomic E-state index is -4.21. The summed E-state index contributed by atoms with van der Waals surface area (Å²) in [5, 5.41) is 13.6. The monoisotopic (exact) mass is 368 g/mol. The molecular formula is C16H24ClF3N2O2. The number of halogens is 4. The molecular weight excluding hydrogens is 345 g/mol. The van der Waals surface area contributed by atoms with Gasteiger partial charge in [0.25, 0.3) is 0 Å². The first-order valence-electron chi connectivity index (χ1n) is 7.88. The van der Waals surface area contributed by atoms with Gasteiger partial charge in [-0.3, -0.25) is 4.90 Å². The molecule has 0 spiro atoms. The van der Waals surface area contributed by atoms with Crippen LogP contribution in [0.1, 0.15) is 31.4 Å². The first kappa shape index (κ1) is 20.9. The third-order valence-corrected chi connectivity index (χ3v) is 3.98. The summed E-state index contributed by atoms with van der Waals surface area (Å²) in [7, 11) is 0. The van der Waals surface area contributed by atoms with Gasteiger partial charge in [0, 0.05) is 44.2 Å². The van der Waals surface area contributed by atoms with Crippen LogP contribution in [0.15, 0.2) is 18.2 Å². The summed E-state index contributed by atoms with van der Waals surface area (Å²) in [4.78, 5) is 1.99. The maximum atomic E-state index is 12.7. The molecule has 1 fully saturated rings. The van der Waals surface area contributed by atoms with Crippen molar-refractivity contribution in [3.05, 3.63) is 23.8 Å². The minimum absolute atomic E-state index is 0. The lowest BCUT2D eigenvalue weighted by Crippen LogP contribution is -2.45. The number of aromatic hydroxyl groups is 1. The Hall–Kier alpha value is -1.18. The van der Waals surface area contributed by atoms with Crippen LogP contribution in [-0.4, -0.2) is 49.0 Å². The van der Waals surface area contributed by atoms with Gasteiger partial charge in [-0.25, -0.2) is 0 Å². The molecule has 4 nitrogen and oxygen atoms in total. The van der Waals surface area contributed by atoms with Gasteiger partial charge in [-0.1, -0.05) is 12.1 Å². The zero-order valence-electron chi connectivity index (χ0n) is 13.6. The number of ether oxygens (including phenoxy) is 1. The molecule has 138 valence electrons. The van der Waals surface area contributed by atoms with Crippen LogP contribution >= 0.6 is 12.4 Å². The topological polar surface area (TPSA) is 44.7 Å². The SMILES string of the molecule is CCOc1cccc([C@H](CCC(F)(F)F)N2CCNCC2)c1O.Cl. The van der Waals surface area contributed by atoms with Gasteiger partial charge in [0.15, 0.2) is 11.5 Å². The van der Waals surface area contributed by atoms with Crippen molar-refractivity contribution in [3.63, 3.8) is 0 Å². The number of nitrogens with zero attached hydrogens (tertiary/aromatic N) is 1. The van der Waals surface area contributed by atoms with Crippen molar-refractivity contribution in [1.82, 2.24) is 10.2 Å². The molecule has 1 heterocycles. The highest BCUT2D eigenvalue weighted by molar-refractivity contribution is 5.85. The number of rotatable bonds is 6. The van der Waals surface area contributed by atoms with E-state index in [9.17, 15) is 18.3 Å². The molecule has 0 aliphatic carbocycles. The van der Waals surface area contributed by atoms with E-state index in [1.807, 2.05) is 4.90 Å². The zero-order chi connectivity index (χ0) is 16.9. The highest BCUT2D eigenvalue weighted by Crippen LogP contribution is 2.39. The van der Waals surface area contributed by atoms with Crippen molar-refractivity contribution >= 4 is 12.4 Å². The Morgan fingerprint density at radius 2 is 1.96 bits per heavy atom. The van der Waals surface area contributed by atoms with Gasteiger partial charge in [0.05, 0.1) is 6.61 Å². The van der Waals surface area contributed by atoms with Crippen molar-refractivity contribution in [2.24, 2.45) is 0 Å². The van der Waals surface area contributed by atoms with Crippen molar-refractivity contribution in [1.29, 1.82) is 0 Å². The van der Waals surface area contributed by atoms with E-state index in [2.05, 4.69) is 5.32 Å². The number of benzene rings is 1. The molecule has 0 unspecified atom stereocenters. The first-order valence-corrected chi connectivity index (χ1v) is 7.88. The lowest BCUT2D eigenvalue weighted by molar-refractivity contribution is -0.138. The minimum Gasteiger partial charge on any atom is -0.504 e. The van der Waals surface area contributed by atoms with Gasteiger partial charge in [-0.15, -0.1) is 12.4 Å². The predicted molar refractivity (Wildman–Crippen MR) is 89.0 cm³/mol. The summed E-state index contributed by atoms with van der Waals surface area (Å²) in [6.07, 6.45) is -5.16. The Morgan fingerprint density at radius 1 is 1.29 bits per heavy atom. The van der Waals surface area contributed by atoms with Gasteiger partial charge in [0.1, 0.15) is 0 Å². The number of nitrogens with one attached hydrogen (secondary N) is 1. The summed E-state index contributed by atoms with van der Waals surface area (Å²) >= 11 is 0. The number of para-hydroxylation sites is 1. The van der Waals surface area contributed by atoms with Gasteiger partial charge >= 0.3 is 6.18 Å². The molecule has 8 heteroatoms. The molecule has 2 rings (SSSR count). The molecule has 0 radical (unpaired) electrons. The number of hydrogen-bond donors (Lipinski definition) is 2. The van der Waals surface area contributed by atoms with Crippen LogP contribution in [0.25, 0.3) is 0 Å². The van der Waals surface area contributed by atoms with Crippen LogP contribution in [0.3, 0.4) is 0 Å². The van der Waals surface area contributed by atoms with Crippen LogP contribution < -0.4 is 10.1 Å². The Balaban J connectivity index is 0.00000288. The molecule has 0 saturated carbocycles. The molecule has 0 amide bonds. The second kappa shape index (κ2) is 9.34. The predicted octanol–water partition coefficient (Wildman–Crippen LogP) is 3.50. The molecule has 2 N–H and O–H groups in total. The van der Waals surface area contributed by atoms with Gasteiger partial charge in [-0.2, -0.15) is 13.2 Å². The molecule has 1 atom stereocenters. The first-order chi connectivity index (χ1) is 10.9. The van der Waals surface area contributed by atoms with E-state index in [0.717, 1.165) is 13.1 Å². The lowest BCUT2D eigenvalue weighted by atomic mass is 9.98. The van der Waals surface area contributed by atoms with E-state index in [0.29, 0.717) is 31.0 Å². The van der Waals surface area contributed by atoms with E-state index >= 15 is 0 Å². The van der Waals surface area contributed by atoms with Crippen molar-refractivity contribution in [2.75, 3.05) is 32.8 Å². The van der Waals surface area contributed by atoms with Gasteiger partial charge < -0.3 is 15.2 Å². The fraction of sp³-hybridized carbons (Fsp3) is 0.625. The average Bonchev–Trinajstić information content (AvgIpc) is 2.51. The van der Waals surface area contributed by atoms with E-state index in [1.165, 1.54) is 0 Å². The molecule has 1 aliphatic rings. The fourth-order valence-corrected chi connectivity index (χ4v) is 2.91. The number of piperazine rings is 1. The number of hydrogen-bond acceptors (Lipinski definition) is 4. The van der Waals surface area contributed by atoms with Gasteiger partial charge in [-0.05, 0) is 19.4 Å². The standard InChI is InChI=1S/C16H23F3N2O2.ClH/c1-2-23-14-5-3-4-12(15(14)22)13(6-7-16(17,18)19)21-10-8-20-9-11-21;/h3-5,13,20,22H,2,6-11H2,1H3;1H/t13-;/m0./s1. The summed E-state index contributed by atoms with van der Waals surface area (Å²) in [5.41, 5.74) is 0.502. The van der Waals surface area contributed by atoms with Crippen LogP contribution in [-0.2, 0) is 0 Å². The van der Waals surface area contributed by atoms with E-state index in [4.69, 9.17) is 4.74 Å². The molecule has 1 aromatic rings. The summed E-state index contributed by atoms with van der Waals surface area (Å²) < 4.78 is 43.4. The maximum Gasteiger partial charge on any atom is 0.389 e. The molecule has 0 bridgehead atoms. The van der Waals surface area contributed by atoms with E-state index in [-0.39, 0.29) is 24.6 Å². The maximum absolute atomic E-state index is 12.7. The van der Waals surface area contributed by atoms with E-state index < -0.39 is 18.6 Å². The number of phenols is 1. The summed E-state index contributed by atoms with van der Waals surface area (Å²) in [5.74, 6) is 0.261. The van der Waals surface area contributed by atoms with Crippen LogP contribution in [0.4, 0.5) is 13.2 Å². The van der Waals surface area contributed by atoms with Gasteiger partial charge in [0.2, 0.25) is 0 Å². The second-order valence-electron chi connectivity index (χ2n) is 5.58. The summed E-state index contributed by atoms with van der Waals surface area (Å²) in [6, 6.07) is 4.55. The van der Waals surface area contributed by atoms with Crippen LogP contribution in [0.5, 0.6) is 11.5 Å². The van der Waals surface area contributed by atoms with Crippen LogP contribution in [0, 0.1) is 0 Å². The molecule has 0 aromatic heterocycles. The molecule has 1 aromatic carbocycles. The number of phenolic OH excluding ortho intramolecular Hbond substituents is 1. The highest BCUT2D eigenvalue weighted by atomic mass is 35.5. The smallest absolute Gasteiger partial charge is 0.389 e. The summed E-state index contributed by atoms with van der Waals surface area (Å²) in [6.45, 7) is 4.95. The largest absolute Gasteiger partial charge is 0.504 e. The Kier molecular flexibility index (Phi) is 8.12. The second-order valence-corrected chi connectivity index (χ2v) is 5.58. The fourth-order valence-electron chi connectivity index (χ4n) is 2.91. The molecule has 1 aliphatic heterocycles.